The SMILES string of the molecule is COCOC[C@@H]1[C@@H]2CC[C@@H]([C@@H](O)C2)N1[C@H](C)c1ccccc1. The molecule has 3 aliphatic rings. The summed E-state index contributed by atoms with van der Waals surface area (Å²) in [6.07, 6.45) is 2.98. The van der Waals surface area contributed by atoms with Gasteiger partial charge in [-0.15, -0.1) is 0 Å². The minimum Gasteiger partial charge on any atom is -0.391 e. The Labute approximate surface area is 133 Å². The fourth-order valence-electron chi connectivity index (χ4n) is 4.30. The first-order valence-electron chi connectivity index (χ1n) is 8.29. The molecule has 0 aromatic heterocycles. The van der Waals surface area contributed by atoms with Gasteiger partial charge in [0.15, 0.2) is 0 Å². The van der Waals surface area contributed by atoms with Gasteiger partial charge >= 0.3 is 0 Å². The molecule has 2 saturated heterocycles. The first kappa shape index (κ1) is 15.9. The number of rotatable bonds is 6. The molecule has 4 rings (SSSR count). The van der Waals surface area contributed by atoms with Gasteiger partial charge < -0.3 is 14.6 Å². The van der Waals surface area contributed by atoms with Crippen LogP contribution in [0.15, 0.2) is 30.3 Å². The van der Waals surface area contributed by atoms with E-state index >= 15 is 0 Å². The van der Waals surface area contributed by atoms with Crippen molar-refractivity contribution in [1.29, 1.82) is 0 Å². The summed E-state index contributed by atoms with van der Waals surface area (Å²) in [5.41, 5.74) is 1.30. The first-order valence-corrected chi connectivity index (χ1v) is 8.29. The van der Waals surface area contributed by atoms with Gasteiger partial charge in [-0.2, -0.15) is 0 Å². The molecule has 1 N–H and O–H groups in total. The molecular formula is C18H27NO3. The van der Waals surface area contributed by atoms with Crippen molar-refractivity contribution < 1.29 is 14.6 Å². The second kappa shape index (κ2) is 7.09. The van der Waals surface area contributed by atoms with E-state index in [0.717, 1.165) is 12.8 Å². The van der Waals surface area contributed by atoms with Crippen LogP contribution in [0.2, 0.25) is 0 Å². The minimum atomic E-state index is -0.205. The second-order valence-electron chi connectivity index (χ2n) is 6.59. The molecule has 1 aromatic rings. The smallest absolute Gasteiger partial charge is 0.146 e. The Hall–Kier alpha value is -0.940. The molecule has 4 nitrogen and oxygen atoms in total. The van der Waals surface area contributed by atoms with E-state index in [4.69, 9.17) is 9.47 Å². The summed E-state index contributed by atoms with van der Waals surface area (Å²) in [5.74, 6) is 0.517. The number of fused-ring (bicyclic) bond motifs is 3. The molecule has 1 aromatic carbocycles. The lowest BCUT2D eigenvalue weighted by molar-refractivity contribution is -0.142. The fraction of sp³-hybridized carbons (Fsp3) is 0.667. The second-order valence-corrected chi connectivity index (χ2v) is 6.59. The molecule has 5 atom stereocenters. The van der Waals surface area contributed by atoms with E-state index in [0.29, 0.717) is 31.4 Å². The average Bonchev–Trinajstić information content (AvgIpc) is 2.56. The Morgan fingerprint density at radius 1 is 1.27 bits per heavy atom. The number of hydrogen-bond acceptors (Lipinski definition) is 4. The molecule has 0 unspecified atom stereocenters. The maximum Gasteiger partial charge on any atom is 0.146 e. The highest BCUT2D eigenvalue weighted by Crippen LogP contribution is 2.44. The van der Waals surface area contributed by atoms with Crippen molar-refractivity contribution in [2.24, 2.45) is 5.92 Å². The summed E-state index contributed by atoms with van der Waals surface area (Å²) >= 11 is 0. The van der Waals surface area contributed by atoms with Crippen molar-refractivity contribution in [2.75, 3.05) is 20.5 Å². The van der Waals surface area contributed by atoms with Gasteiger partial charge in [-0.25, -0.2) is 0 Å². The van der Waals surface area contributed by atoms with Crippen molar-refractivity contribution >= 4 is 0 Å². The van der Waals surface area contributed by atoms with Crippen LogP contribution < -0.4 is 0 Å². The van der Waals surface area contributed by atoms with Crippen molar-refractivity contribution in [3.8, 4) is 0 Å². The Morgan fingerprint density at radius 2 is 2.05 bits per heavy atom. The van der Waals surface area contributed by atoms with Gasteiger partial charge in [0.1, 0.15) is 6.79 Å². The summed E-state index contributed by atoms with van der Waals surface area (Å²) in [4.78, 5) is 2.49. The lowest BCUT2D eigenvalue weighted by Gasteiger charge is -2.55. The quantitative estimate of drug-likeness (QED) is 0.648. The number of piperidine rings is 2. The Morgan fingerprint density at radius 3 is 2.73 bits per heavy atom. The van der Waals surface area contributed by atoms with E-state index in [-0.39, 0.29) is 12.1 Å². The van der Waals surface area contributed by atoms with Crippen LogP contribution in [0.25, 0.3) is 0 Å². The van der Waals surface area contributed by atoms with Gasteiger partial charge in [0, 0.05) is 25.2 Å². The Kier molecular flexibility index (Phi) is 5.14. The number of aliphatic hydroxyl groups is 1. The van der Waals surface area contributed by atoms with Gasteiger partial charge in [-0.3, -0.25) is 4.90 Å². The predicted octanol–water partition coefficient (Wildman–Crippen LogP) is 2.58. The number of nitrogens with zero attached hydrogens (tertiary/aromatic N) is 1. The molecule has 3 fully saturated rings. The molecule has 0 amide bonds. The predicted molar refractivity (Wildman–Crippen MR) is 85.4 cm³/mol. The molecule has 0 radical (unpaired) electrons. The third kappa shape index (κ3) is 3.06. The highest BCUT2D eigenvalue weighted by atomic mass is 16.7. The van der Waals surface area contributed by atoms with Crippen LogP contribution in [0.1, 0.15) is 37.8 Å². The van der Waals surface area contributed by atoms with Crippen LogP contribution in [0.4, 0.5) is 0 Å². The van der Waals surface area contributed by atoms with Gasteiger partial charge in [0.05, 0.1) is 12.7 Å². The fourth-order valence-corrected chi connectivity index (χ4v) is 4.30. The normalized spacial score (nSPS) is 33.0. The number of aliphatic hydroxyl groups excluding tert-OH is 1. The van der Waals surface area contributed by atoms with Crippen LogP contribution in [0.5, 0.6) is 0 Å². The minimum absolute atomic E-state index is 0.205. The van der Waals surface area contributed by atoms with Crippen molar-refractivity contribution in [1.82, 2.24) is 4.90 Å². The van der Waals surface area contributed by atoms with Crippen molar-refractivity contribution in [3.05, 3.63) is 35.9 Å². The van der Waals surface area contributed by atoms with E-state index in [2.05, 4.69) is 36.1 Å². The zero-order chi connectivity index (χ0) is 15.5. The molecule has 0 spiro atoms. The van der Waals surface area contributed by atoms with Gasteiger partial charge in [0.2, 0.25) is 0 Å². The highest BCUT2D eigenvalue weighted by molar-refractivity contribution is 5.20. The topological polar surface area (TPSA) is 41.9 Å². The summed E-state index contributed by atoms with van der Waals surface area (Å²) in [6.45, 7) is 3.26. The molecule has 2 aliphatic heterocycles. The number of methoxy groups -OCH3 is 1. The molecule has 1 saturated carbocycles. The third-order valence-corrected chi connectivity index (χ3v) is 5.35. The standard InChI is InChI=1S/C18H27NO3/c1-13(14-6-4-3-5-7-14)19-16-9-8-15(10-18(16)20)17(19)11-22-12-21-2/h3-7,13,15-18,20H,8-12H2,1-2H3/t13-,15-,16+,17-,18+/m1/s1. The molecule has 2 bridgehead atoms. The average molecular weight is 305 g/mol. The Balaban J connectivity index is 1.80. The van der Waals surface area contributed by atoms with E-state index in [9.17, 15) is 5.11 Å². The molecule has 1 aliphatic carbocycles. The summed E-state index contributed by atoms with van der Waals surface area (Å²) < 4.78 is 10.7. The van der Waals surface area contributed by atoms with Crippen LogP contribution in [-0.4, -0.2) is 48.7 Å². The number of hydrogen-bond donors (Lipinski definition) is 1. The number of benzene rings is 1. The van der Waals surface area contributed by atoms with E-state index < -0.39 is 0 Å². The maximum absolute atomic E-state index is 10.4. The van der Waals surface area contributed by atoms with Crippen LogP contribution in [-0.2, 0) is 9.47 Å². The van der Waals surface area contributed by atoms with E-state index in [1.54, 1.807) is 7.11 Å². The third-order valence-electron chi connectivity index (χ3n) is 5.35. The first-order chi connectivity index (χ1) is 10.7. The number of ether oxygens (including phenoxy) is 2. The van der Waals surface area contributed by atoms with Crippen LogP contribution in [0.3, 0.4) is 0 Å². The zero-order valence-corrected chi connectivity index (χ0v) is 13.5. The van der Waals surface area contributed by atoms with Gasteiger partial charge in [-0.1, -0.05) is 30.3 Å². The molecule has 2 heterocycles. The summed E-state index contributed by atoms with van der Waals surface area (Å²) in [5, 5.41) is 10.4. The van der Waals surface area contributed by atoms with Crippen LogP contribution >= 0.6 is 0 Å². The highest BCUT2D eigenvalue weighted by Gasteiger charge is 2.48. The van der Waals surface area contributed by atoms with Crippen LogP contribution in [0, 0.1) is 5.92 Å². The van der Waals surface area contributed by atoms with Crippen molar-refractivity contribution in [3.63, 3.8) is 0 Å². The lowest BCUT2D eigenvalue weighted by atomic mass is 9.72. The summed E-state index contributed by atoms with van der Waals surface area (Å²) in [6, 6.07) is 11.5. The molecule has 22 heavy (non-hydrogen) atoms. The van der Waals surface area contributed by atoms with E-state index in [1.165, 1.54) is 12.0 Å². The zero-order valence-electron chi connectivity index (χ0n) is 13.5. The lowest BCUT2D eigenvalue weighted by Crippen LogP contribution is -2.62. The monoisotopic (exact) mass is 305 g/mol. The van der Waals surface area contributed by atoms with Crippen molar-refractivity contribution in [2.45, 2.75) is 50.4 Å². The maximum atomic E-state index is 10.4. The molecule has 4 heteroatoms. The molecular weight excluding hydrogens is 278 g/mol. The Bertz CT molecular complexity index is 467. The van der Waals surface area contributed by atoms with Gasteiger partial charge in [-0.05, 0) is 37.7 Å². The van der Waals surface area contributed by atoms with E-state index in [1.807, 2.05) is 6.07 Å². The molecule has 122 valence electrons. The largest absolute Gasteiger partial charge is 0.391 e. The van der Waals surface area contributed by atoms with Gasteiger partial charge in [0.25, 0.3) is 0 Å². The summed E-state index contributed by atoms with van der Waals surface area (Å²) in [7, 11) is 1.65.